The second kappa shape index (κ2) is 9.42. The molecular formula is C15H23NRu. The van der Waals surface area contributed by atoms with Crippen molar-refractivity contribution in [3.63, 3.8) is 0 Å². The predicted octanol–water partition coefficient (Wildman–Crippen LogP) is 4.20. The first-order valence-corrected chi connectivity index (χ1v) is 6.33. The predicted molar refractivity (Wildman–Crippen MR) is 71.8 cm³/mol. The van der Waals surface area contributed by atoms with Gasteiger partial charge in [0.1, 0.15) is 0 Å². The Morgan fingerprint density at radius 3 is 2.00 bits per heavy atom. The normalized spacial score (nSPS) is 11.9. The van der Waals surface area contributed by atoms with Crippen LogP contribution in [0.15, 0.2) is 30.5 Å². The van der Waals surface area contributed by atoms with E-state index >= 15 is 0 Å². The summed E-state index contributed by atoms with van der Waals surface area (Å²) >= 11 is 0. The molecule has 2 rings (SSSR count). The Labute approximate surface area is 118 Å². The SMILES string of the molecule is C1=CCC=C1.CCc1c[nH]c(CC)c1CC.[Ru]. The van der Waals surface area contributed by atoms with Gasteiger partial charge < -0.3 is 4.98 Å². The van der Waals surface area contributed by atoms with E-state index < -0.39 is 0 Å². The summed E-state index contributed by atoms with van der Waals surface area (Å²) in [6, 6.07) is 0. The first-order chi connectivity index (χ1) is 7.83. The molecule has 0 saturated heterocycles. The summed E-state index contributed by atoms with van der Waals surface area (Å²) < 4.78 is 0. The Balaban J connectivity index is 0.000000360. The standard InChI is InChI=1S/C10H17N.C5H6.Ru/c1-4-8-7-11-10(6-3)9(8)5-2;1-2-4-5-3-1;/h7,11H,4-6H2,1-3H3;1-4H,5H2;. The molecular weight excluding hydrogens is 295 g/mol. The smallest absolute Gasteiger partial charge is 0.0179 e. The molecule has 0 aliphatic heterocycles. The van der Waals surface area contributed by atoms with Crippen molar-refractivity contribution < 1.29 is 19.5 Å². The van der Waals surface area contributed by atoms with Gasteiger partial charge in [-0.2, -0.15) is 0 Å². The van der Waals surface area contributed by atoms with E-state index in [9.17, 15) is 0 Å². The van der Waals surface area contributed by atoms with Crippen LogP contribution in [0.25, 0.3) is 0 Å². The summed E-state index contributed by atoms with van der Waals surface area (Å²) in [6.45, 7) is 6.63. The molecule has 1 heterocycles. The van der Waals surface area contributed by atoms with Gasteiger partial charge >= 0.3 is 0 Å². The van der Waals surface area contributed by atoms with Crippen molar-refractivity contribution in [2.24, 2.45) is 0 Å². The molecule has 1 aromatic rings. The van der Waals surface area contributed by atoms with Gasteiger partial charge in [-0.25, -0.2) is 0 Å². The van der Waals surface area contributed by atoms with Gasteiger partial charge in [0.15, 0.2) is 0 Å². The Morgan fingerprint density at radius 2 is 1.65 bits per heavy atom. The van der Waals surface area contributed by atoms with Crippen LogP contribution in [0.4, 0.5) is 0 Å². The minimum atomic E-state index is 0. The fraction of sp³-hybridized carbons (Fsp3) is 0.467. The zero-order chi connectivity index (χ0) is 11.8. The van der Waals surface area contributed by atoms with E-state index in [0.717, 1.165) is 25.7 Å². The second-order valence-electron chi connectivity index (χ2n) is 3.92. The summed E-state index contributed by atoms with van der Waals surface area (Å²) in [7, 11) is 0. The molecule has 0 bridgehead atoms. The summed E-state index contributed by atoms with van der Waals surface area (Å²) in [5.74, 6) is 0. The molecule has 1 nitrogen and oxygen atoms in total. The molecule has 1 aliphatic rings. The van der Waals surface area contributed by atoms with Crippen LogP contribution in [-0.2, 0) is 38.7 Å². The zero-order valence-electron chi connectivity index (χ0n) is 11.1. The molecule has 1 N–H and O–H groups in total. The van der Waals surface area contributed by atoms with E-state index in [1.807, 2.05) is 0 Å². The van der Waals surface area contributed by atoms with Gasteiger partial charge in [-0.1, -0.05) is 45.1 Å². The average molecular weight is 318 g/mol. The van der Waals surface area contributed by atoms with Crippen LogP contribution in [0.5, 0.6) is 0 Å². The van der Waals surface area contributed by atoms with Crippen LogP contribution in [0.1, 0.15) is 44.0 Å². The Kier molecular flexibility index (Phi) is 9.08. The summed E-state index contributed by atoms with van der Waals surface area (Å²) in [6.07, 6.45) is 15.1. The molecule has 0 unspecified atom stereocenters. The molecule has 2 heteroatoms. The maximum Gasteiger partial charge on any atom is 0.0179 e. The zero-order valence-corrected chi connectivity index (χ0v) is 12.8. The van der Waals surface area contributed by atoms with Gasteiger partial charge in [0.25, 0.3) is 0 Å². The van der Waals surface area contributed by atoms with Crippen molar-refractivity contribution >= 4 is 0 Å². The molecule has 0 aromatic carbocycles. The van der Waals surface area contributed by atoms with E-state index in [1.165, 1.54) is 16.8 Å². The minimum Gasteiger partial charge on any atom is -0.364 e. The topological polar surface area (TPSA) is 15.8 Å². The van der Waals surface area contributed by atoms with Gasteiger partial charge in [-0.05, 0) is 36.8 Å². The van der Waals surface area contributed by atoms with E-state index in [2.05, 4.69) is 56.3 Å². The van der Waals surface area contributed by atoms with Crippen LogP contribution in [0, 0.1) is 0 Å². The second-order valence-corrected chi connectivity index (χ2v) is 3.92. The van der Waals surface area contributed by atoms with Gasteiger partial charge in [-0.15, -0.1) is 0 Å². The Bertz CT molecular complexity index is 329. The van der Waals surface area contributed by atoms with Crippen molar-refractivity contribution in [3.05, 3.63) is 47.3 Å². The first kappa shape index (κ1) is 16.4. The fourth-order valence-electron chi connectivity index (χ4n) is 2.01. The maximum atomic E-state index is 3.33. The fourth-order valence-corrected chi connectivity index (χ4v) is 2.01. The number of aryl methyl sites for hydroxylation is 2. The third kappa shape index (κ3) is 5.04. The van der Waals surface area contributed by atoms with Crippen LogP contribution >= 0.6 is 0 Å². The molecule has 0 amide bonds. The number of hydrogen-bond donors (Lipinski definition) is 1. The first-order valence-electron chi connectivity index (χ1n) is 6.33. The largest absolute Gasteiger partial charge is 0.364 e. The van der Waals surface area contributed by atoms with Gasteiger partial charge in [0.2, 0.25) is 0 Å². The molecule has 1 aliphatic carbocycles. The quantitative estimate of drug-likeness (QED) is 0.804. The molecule has 17 heavy (non-hydrogen) atoms. The molecule has 1 aromatic heterocycles. The Hall–Kier alpha value is -0.617. The molecule has 0 atom stereocenters. The molecule has 96 valence electrons. The number of aromatic amines is 1. The number of allylic oxidation sites excluding steroid dienone is 4. The summed E-state index contributed by atoms with van der Waals surface area (Å²) in [4.78, 5) is 3.33. The number of nitrogens with one attached hydrogen (secondary N) is 1. The summed E-state index contributed by atoms with van der Waals surface area (Å²) in [5.41, 5.74) is 4.45. The molecule has 0 fully saturated rings. The van der Waals surface area contributed by atoms with Crippen molar-refractivity contribution in [2.75, 3.05) is 0 Å². The maximum absolute atomic E-state index is 3.33. The van der Waals surface area contributed by atoms with Crippen LogP contribution in [0.3, 0.4) is 0 Å². The van der Waals surface area contributed by atoms with Crippen molar-refractivity contribution in [3.8, 4) is 0 Å². The van der Waals surface area contributed by atoms with Crippen molar-refractivity contribution in [1.82, 2.24) is 4.98 Å². The summed E-state index contributed by atoms with van der Waals surface area (Å²) in [5, 5.41) is 0. The third-order valence-electron chi connectivity index (χ3n) is 2.92. The minimum absolute atomic E-state index is 0. The van der Waals surface area contributed by atoms with E-state index in [0.29, 0.717) is 0 Å². The average Bonchev–Trinajstić information content (AvgIpc) is 3.00. The van der Waals surface area contributed by atoms with E-state index in [1.54, 1.807) is 0 Å². The molecule has 0 spiro atoms. The number of rotatable bonds is 3. The molecule has 0 radical (unpaired) electrons. The van der Waals surface area contributed by atoms with Gasteiger partial charge in [0.05, 0.1) is 0 Å². The van der Waals surface area contributed by atoms with Crippen LogP contribution in [0.2, 0.25) is 0 Å². The molecule has 0 saturated carbocycles. The van der Waals surface area contributed by atoms with Crippen LogP contribution < -0.4 is 0 Å². The van der Waals surface area contributed by atoms with Crippen molar-refractivity contribution in [2.45, 2.75) is 46.5 Å². The Morgan fingerprint density at radius 1 is 1.00 bits per heavy atom. The third-order valence-corrected chi connectivity index (χ3v) is 2.92. The van der Waals surface area contributed by atoms with Gasteiger partial charge in [-0.3, -0.25) is 0 Å². The number of H-pyrrole nitrogens is 1. The van der Waals surface area contributed by atoms with Crippen molar-refractivity contribution in [1.29, 1.82) is 0 Å². The number of aromatic nitrogens is 1. The van der Waals surface area contributed by atoms with Crippen LogP contribution in [-0.4, -0.2) is 4.98 Å². The van der Waals surface area contributed by atoms with E-state index in [4.69, 9.17) is 0 Å². The number of hydrogen-bond acceptors (Lipinski definition) is 0. The van der Waals surface area contributed by atoms with Gasteiger partial charge in [0, 0.05) is 31.4 Å². The van der Waals surface area contributed by atoms with E-state index in [-0.39, 0.29) is 19.5 Å². The monoisotopic (exact) mass is 319 g/mol.